The third-order valence-corrected chi connectivity index (χ3v) is 3.16. The van der Waals surface area contributed by atoms with Crippen LogP contribution in [0, 0.1) is 17.6 Å². The number of nitrogens with zero attached hydrogens (tertiary/aromatic N) is 2. The molecule has 0 saturated heterocycles. The highest BCUT2D eigenvalue weighted by Gasteiger charge is 2.22. The van der Waals surface area contributed by atoms with E-state index in [1.54, 1.807) is 0 Å². The highest BCUT2D eigenvalue weighted by Crippen LogP contribution is 2.25. The van der Waals surface area contributed by atoms with Gasteiger partial charge >= 0.3 is 0 Å². The van der Waals surface area contributed by atoms with Crippen molar-refractivity contribution in [2.24, 2.45) is 5.92 Å². The lowest BCUT2D eigenvalue weighted by Gasteiger charge is -2.33. The van der Waals surface area contributed by atoms with Crippen LogP contribution in [0.25, 0.3) is 0 Å². The molecule has 1 aromatic rings. The van der Waals surface area contributed by atoms with Crippen molar-refractivity contribution in [3.05, 3.63) is 17.7 Å². The van der Waals surface area contributed by atoms with Crippen LogP contribution < -0.4 is 10.6 Å². The first-order chi connectivity index (χ1) is 8.90. The molecule has 0 aromatic carbocycles. The Labute approximate surface area is 113 Å². The fraction of sp³-hybridized carbons (Fsp3) is 0.643. The number of rotatable bonds is 6. The van der Waals surface area contributed by atoms with E-state index in [1.165, 1.54) is 0 Å². The van der Waals surface area contributed by atoms with Crippen molar-refractivity contribution in [2.75, 3.05) is 17.2 Å². The van der Waals surface area contributed by atoms with E-state index in [-0.39, 0.29) is 17.7 Å². The second kappa shape index (κ2) is 6.68. The summed E-state index contributed by atoms with van der Waals surface area (Å²) in [6, 6.07) is 0.988. The summed E-state index contributed by atoms with van der Waals surface area (Å²) in [7, 11) is 0. The summed E-state index contributed by atoms with van der Waals surface area (Å²) >= 11 is 0. The van der Waals surface area contributed by atoms with Gasteiger partial charge in [0.1, 0.15) is 0 Å². The zero-order chi connectivity index (χ0) is 14.6. The van der Waals surface area contributed by atoms with Crippen LogP contribution in [0.3, 0.4) is 0 Å². The molecule has 108 valence electrons. The number of pyridine rings is 1. The molecule has 0 spiro atoms. The van der Waals surface area contributed by atoms with E-state index in [0.717, 1.165) is 18.9 Å². The zero-order valence-corrected chi connectivity index (χ0v) is 12.1. The molecular formula is C14H23F2N3. The Kier molecular flexibility index (Phi) is 5.51. The minimum absolute atomic E-state index is 0.154. The lowest BCUT2D eigenvalue weighted by atomic mass is 10.1. The summed E-state index contributed by atoms with van der Waals surface area (Å²) in [6.07, 6.45) is 1.75. The molecule has 1 rings (SSSR count). The van der Waals surface area contributed by atoms with Crippen LogP contribution in [-0.4, -0.2) is 17.6 Å². The van der Waals surface area contributed by atoms with Crippen LogP contribution >= 0.6 is 0 Å². The van der Waals surface area contributed by atoms with Crippen molar-refractivity contribution in [2.45, 2.75) is 46.6 Å². The average Bonchev–Trinajstić information content (AvgIpc) is 2.33. The minimum atomic E-state index is -0.810. The SMILES string of the molecule is CCC(CC)N(CC(C)C)c1nc(N)c(F)cc1F. The molecule has 0 unspecified atom stereocenters. The monoisotopic (exact) mass is 271 g/mol. The molecule has 3 nitrogen and oxygen atoms in total. The summed E-state index contributed by atoms with van der Waals surface area (Å²) in [6.45, 7) is 8.88. The van der Waals surface area contributed by atoms with Gasteiger partial charge in [0.25, 0.3) is 0 Å². The van der Waals surface area contributed by atoms with Crippen LogP contribution in [0.1, 0.15) is 40.5 Å². The second-order valence-electron chi connectivity index (χ2n) is 5.18. The second-order valence-corrected chi connectivity index (χ2v) is 5.18. The van der Waals surface area contributed by atoms with Gasteiger partial charge in [-0.3, -0.25) is 0 Å². The van der Waals surface area contributed by atoms with Gasteiger partial charge in [-0.2, -0.15) is 0 Å². The smallest absolute Gasteiger partial charge is 0.168 e. The van der Waals surface area contributed by atoms with Gasteiger partial charge in [0.2, 0.25) is 0 Å². The Morgan fingerprint density at radius 3 is 2.26 bits per heavy atom. The summed E-state index contributed by atoms with van der Waals surface area (Å²) < 4.78 is 27.2. The van der Waals surface area contributed by atoms with Gasteiger partial charge in [-0.25, -0.2) is 13.8 Å². The van der Waals surface area contributed by atoms with E-state index < -0.39 is 11.6 Å². The van der Waals surface area contributed by atoms with E-state index in [4.69, 9.17) is 5.73 Å². The molecule has 1 aromatic heterocycles. The van der Waals surface area contributed by atoms with Crippen molar-refractivity contribution in [3.63, 3.8) is 0 Å². The molecule has 2 N–H and O–H groups in total. The third-order valence-electron chi connectivity index (χ3n) is 3.16. The quantitative estimate of drug-likeness (QED) is 0.859. The van der Waals surface area contributed by atoms with Crippen LogP contribution in [0.15, 0.2) is 6.07 Å². The maximum absolute atomic E-state index is 14.0. The summed E-state index contributed by atoms with van der Waals surface area (Å²) in [4.78, 5) is 5.79. The Morgan fingerprint density at radius 1 is 1.21 bits per heavy atom. The lowest BCUT2D eigenvalue weighted by molar-refractivity contribution is 0.487. The minimum Gasteiger partial charge on any atom is -0.381 e. The maximum Gasteiger partial charge on any atom is 0.168 e. The first-order valence-corrected chi connectivity index (χ1v) is 6.78. The Hall–Kier alpha value is -1.39. The van der Waals surface area contributed by atoms with Crippen LogP contribution in [-0.2, 0) is 0 Å². The molecule has 0 aliphatic rings. The van der Waals surface area contributed by atoms with E-state index in [1.807, 2.05) is 18.7 Å². The Morgan fingerprint density at radius 2 is 1.79 bits per heavy atom. The third kappa shape index (κ3) is 3.78. The molecule has 0 aliphatic heterocycles. The first kappa shape index (κ1) is 15.7. The molecule has 0 aliphatic carbocycles. The first-order valence-electron chi connectivity index (χ1n) is 6.78. The number of anilines is 2. The normalized spacial score (nSPS) is 11.4. The summed E-state index contributed by atoms with van der Waals surface area (Å²) in [5.41, 5.74) is 5.46. The largest absolute Gasteiger partial charge is 0.381 e. The molecule has 0 fully saturated rings. The van der Waals surface area contributed by atoms with Gasteiger partial charge in [0.15, 0.2) is 23.3 Å². The van der Waals surface area contributed by atoms with E-state index in [9.17, 15) is 8.78 Å². The lowest BCUT2D eigenvalue weighted by Crippen LogP contribution is -2.38. The van der Waals surface area contributed by atoms with Gasteiger partial charge in [-0.15, -0.1) is 0 Å². The molecule has 0 atom stereocenters. The van der Waals surface area contributed by atoms with Crippen molar-refractivity contribution < 1.29 is 8.78 Å². The molecule has 1 heterocycles. The van der Waals surface area contributed by atoms with Crippen molar-refractivity contribution in [3.8, 4) is 0 Å². The van der Waals surface area contributed by atoms with Crippen molar-refractivity contribution in [1.82, 2.24) is 4.98 Å². The van der Waals surface area contributed by atoms with Crippen LogP contribution in [0.4, 0.5) is 20.4 Å². The predicted molar refractivity (Wildman–Crippen MR) is 75.1 cm³/mol. The van der Waals surface area contributed by atoms with E-state index in [0.29, 0.717) is 12.5 Å². The summed E-state index contributed by atoms with van der Waals surface area (Å²) in [5, 5.41) is 0. The topological polar surface area (TPSA) is 42.2 Å². The number of hydrogen-bond acceptors (Lipinski definition) is 3. The molecule has 19 heavy (non-hydrogen) atoms. The number of nitrogen functional groups attached to an aromatic ring is 1. The molecule has 0 amide bonds. The number of nitrogens with two attached hydrogens (primary N) is 1. The number of halogens is 2. The standard InChI is InChI=1S/C14H23F2N3/c1-5-10(6-2)19(8-9(3)4)14-12(16)7-11(15)13(17)18-14/h7,9-10H,5-6,8H2,1-4H3,(H2,17,18). The molecule has 0 bridgehead atoms. The molecule has 5 heteroatoms. The van der Waals surface area contributed by atoms with Gasteiger partial charge < -0.3 is 10.6 Å². The fourth-order valence-corrected chi connectivity index (χ4v) is 2.20. The van der Waals surface area contributed by atoms with Gasteiger partial charge in [-0.05, 0) is 18.8 Å². The van der Waals surface area contributed by atoms with Gasteiger partial charge in [0, 0.05) is 18.7 Å². The van der Waals surface area contributed by atoms with E-state index >= 15 is 0 Å². The number of hydrogen-bond donors (Lipinski definition) is 1. The van der Waals surface area contributed by atoms with Gasteiger partial charge in [-0.1, -0.05) is 27.7 Å². The average molecular weight is 271 g/mol. The van der Waals surface area contributed by atoms with Crippen LogP contribution in [0.5, 0.6) is 0 Å². The van der Waals surface area contributed by atoms with Crippen molar-refractivity contribution >= 4 is 11.6 Å². The maximum atomic E-state index is 14.0. The number of aromatic nitrogens is 1. The predicted octanol–water partition coefficient (Wildman–Crippen LogP) is 3.59. The van der Waals surface area contributed by atoms with Crippen LogP contribution in [0.2, 0.25) is 0 Å². The molecule has 0 radical (unpaired) electrons. The molecule has 0 saturated carbocycles. The highest BCUT2D eigenvalue weighted by atomic mass is 19.1. The van der Waals surface area contributed by atoms with Gasteiger partial charge in [0.05, 0.1) is 0 Å². The zero-order valence-electron chi connectivity index (χ0n) is 12.1. The van der Waals surface area contributed by atoms with Crippen molar-refractivity contribution in [1.29, 1.82) is 0 Å². The fourth-order valence-electron chi connectivity index (χ4n) is 2.20. The highest BCUT2D eigenvalue weighted by molar-refractivity contribution is 5.48. The Balaban J connectivity index is 3.20. The Bertz CT molecular complexity index is 417. The summed E-state index contributed by atoms with van der Waals surface area (Å²) in [5.74, 6) is -1.21. The molecular weight excluding hydrogens is 248 g/mol. The van der Waals surface area contributed by atoms with E-state index in [2.05, 4.69) is 18.8 Å².